The second-order valence-electron chi connectivity index (χ2n) is 5.97. The molecule has 0 saturated carbocycles. The number of hydrogen-bond acceptors (Lipinski definition) is 2. The number of halogens is 3. The molecule has 1 aliphatic heterocycles. The summed E-state index contributed by atoms with van der Waals surface area (Å²) in [5, 5.41) is 1.85. The van der Waals surface area contributed by atoms with Crippen LogP contribution in [-0.4, -0.2) is 30.8 Å². The monoisotopic (exact) mass is 367 g/mol. The van der Waals surface area contributed by atoms with Crippen LogP contribution >= 0.6 is 34.8 Å². The molecule has 0 radical (unpaired) electrons. The maximum atomic E-state index is 12.9. The molecule has 0 unspecified atom stereocenters. The zero-order valence-corrected chi connectivity index (χ0v) is 14.9. The van der Waals surface area contributed by atoms with Crippen molar-refractivity contribution in [2.75, 3.05) is 20.1 Å². The normalized spacial score (nSPS) is 21.6. The Balaban J connectivity index is 1.93. The van der Waals surface area contributed by atoms with Crippen LogP contribution in [0.1, 0.15) is 21.8 Å². The standard InChI is InChI=1S/C18H16Cl3NO/c1-22-9-15(14-7-6-13(20)8-17(14)21)16(10-22)18(23)11-2-4-12(19)5-3-11/h2-8,15-16H,9-10H2,1H3/t15-,16-/m0/s1. The quantitative estimate of drug-likeness (QED) is 0.696. The van der Waals surface area contributed by atoms with E-state index in [1.54, 1.807) is 30.3 Å². The van der Waals surface area contributed by atoms with Gasteiger partial charge in [0.2, 0.25) is 0 Å². The third-order valence-electron chi connectivity index (χ3n) is 4.33. The number of hydrogen-bond donors (Lipinski definition) is 0. The smallest absolute Gasteiger partial charge is 0.167 e. The molecule has 2 nitrogen and oxygen atoms in total. The first kappa shape index (κ1) is 16.8. The summed E-state index contributed by atoms with van der Waals surface area (Å²) in [5.74, 6) is 0.0647. The molecule has 0 spiro atoms. The van der Waals surface area contributed by atoms with Crippen LogP contribution in [0.3, 0.4) is 0 Å². The van der Waals surface area contributed by atoms with E-state index < -0.39 is 0 Å². The van der Waals surface area contributed by atoms with Crippen molar-refractivity contribution in [2.45, 2.75) is 5.92 Å². The van der Waals surface area contributed by atoms with Gasteiger partial charge in [-0.05, 0) is 49.0 Å². The fourth-order valence-electron chi connectivity index (χ4n) is 3.21. The Morgan fingerprint density at radius 3 is 2.30 bits per heavy atom. The van der Waals surface area contributed by atoms with Crippen LogP contribution in [-0.2, 0) is 0 Å². The van der Waals surface area contributed by atoms with Crippen LogP contribution in [0.25, 0.3) is 0 Å². The first-order valence-electron chi connectivity index (χ1n) is 7.39. The number of benzene rings is 2. The molecule has 5 heteroatoms. The molecule has 23 heavy (non-hydrogen) atoms. The van der Waals surface area contributed by atoms with Crippen molar-refractivity contribution >= 4 is 40.6 Å². The first-order valence-corrected chi connectivity index (χ1v) is 8.52. The van der Waals surface area contributed by atoms with Crippen LogP contribution in [0.15, 0.2) is 42.5 Å². The number of nitrogens with zero attached hydrogens (tertiary/aromatic N) is 1. The summed E-state index contributed by atoms with van der Waals surface area (Å²) in [5.41, 5.74) is 1.66. The highest BCUT2D eigenvalue weighted by Gasteiger charge is 2.38. The van der Waals surface area contributed by atoms with Gasteiger partial charge in [-0.3, -0.25) is 4.79 Å². The summed E-state index contributed by atoms with van der Waals surface area (Å²) < 4.78 is 0. The van der Waals surface area contributed by atoms with Crippen LogP contribution in [0.5, 0.6) is 0 Å². The van der Waals surface area contributed by atoms with Crippen LogP contribution in [0.2, 0.25) is 15.1 Å². The molecular weight excluding hydrogens is 353 g/mol. The summed E-state index contributed by atoms with van der Waals surface area (Å²) >= 11 is 18.3. The molecule has 1 aliphatic rings. The summed E-state index contributed by atoms with van der Waals surface area (Å²) in [6.07, 6.45) is 0. The lowest BCUT2D eigenvalue weighted by molar-refractivity contribution is 0.0916. The van der Waals surface area contributed by atoms with E-state index in [0.717, 1.165) is 12.1 Å². The van der Waals surface area contributed by atoms with E-state index >= 15 is 0 Å². The Morgan fingerprint density at radius 2 is 1.65 bits per heavy atom. The molecule has 0 aliphatic carbocycles. The van der Waals surface area contributed by atoms with Gasteiger partial charge in [0.1, 0.15) is 0 Å². The highest BCUT2D eigenvalue weighted by molar-refractivity contribution is 6.35. The van der Waals surface area contributed by atoms with Gasteiger partial charge < -0.3 is 4.90 Å². The molecule has 0 N–H and O–H groups in total. The van der Waals surface area contributed by atoms with Gasteiger partial charge in [0, 0.05) is 45.6 Å². The Bertz CT molecular complexity index is 730. The topological polar surface area (TPSA) is 20.3 Å². The third kappa shape index (κ3) is 3.56. The molecule has 3 rings (SSSR count). The van der Waals surface area contributed by atoms with E-state index in [1.807, 2.05) is 19.2 Å². The lowest BCUT2D eigenvalue weighted by Gasteiger charge is -2.19. The summed E-state index contributed by atoms with van der Waals surface area (Å²) in [4.78, 5) is 15.1. The average Bonchev–Trinajstić information content (AvgIpc) is 2.89. The van der Waals surface area contributed by atoms with Gasteiger partial charge in [-0.1, -0.05) is 40.9 Å². The predicted octanol–water partition coefficient (Wildman–Crippen LogP) is 5.17. The van der Waals surface area contributed by atoms with Crippen LogP contribution in [0.4, 0.5) is 0 Å². The predicted molar refractivity (Wildman–Crippen MR) is 96.0 cm³/mol. The summed E-state index contributed by atoms with van der Waals surface area (Å²) in [6.45, 7) is 1.51. The first-order chi connectivity index (χ1) is 11.0. The summed E-state index contributed by atoms with van der Waals surface area (Å²) in [6, 6.07) is 12.5. The van der Waals surface area contributed by atoms with E-state index in [4.69, 9.17) is 34.8 Å². The van der Waals surface area contributed by atoms with Gasteiger partial charge in [-0.25, -0.2) is 0 Å². The second kappa shape index (κ2) is 6.82. The highest BCUT2D eigenvalue weighted by Crippen LogP contribution is 2.38. The summed E-state index contributed by atoms with van der Waals surface area (Å²) in [7, 11) is 2.02. The Morgan fingerprint density at radius 1 is 1.00 bits per heavy atom. The molecule has 1 heterocycles. The van der Waals surface area contributed by atoms with E-state index in [2.05, 4.69) is 4.90 Å². The number of rotatable bonds is 3. The number of carbonyl (C=O) groups is 1. The third-order valence-corrected chi connectivity index (χ3v) is 5.14. The van der Waals surface area contributed by atoms with Crippen LogP contribution in [0, 0.1) is 5.92 Å². The van der Waals surface area contributed by atoms with Crippen molar-refractivity contribution in [3.05, 3.63) is 68.7 Å². The molecule has 0 aromatic heterocycles. The largest absolute Gasteiger partial charge is 0.305 e. The van der Waals surface area contributed by atoms with Gasteiger partial charge in [-0.15, -0.1) is 0 Å². The zero-order valence-electron chi connectivity index (χ0n) is 12.6. The molecule has 0 amide bonds. The van der Waals surface area contributed by atoms with Crippen molar-refractivity contribution in [3.8, 4) is 0 Å². The Labute approximate surface area is 151 Å². The lowest BCUT2D eigenvalue weighted by atomic mass is 9.84. The zero-order chi connectivity index (χ0) is 16.6. The second-order valence-corrected chi connectivity index (χ2v) is 7.25. The van der Waals surface area contributed by atoms with Crippen molar-refractivity contribution in [1.82, 2.24) is 4.90 Å². The Hall–Kier alpha value is -1.06. The molecular formula is C18H16Cl3NO. The molecule has 0 bridgehead atoms. The van der Waals surface area contributed by atoms with Gasteiger partial charge in [-0.2, -0.15) is 0 Å². The molecule has 2 aromatic carbocycles. The van der Waals surface area contributed by atoms with E-state index in [1.165, 1.54) is 0 Å². The number of likely N-dealkylation sites (N-methyl/N-ethyl adjacent to an activating group) is 1. The molecule has 1 fully saturated rings. The van der Waals surface area contributed by atoms with Crippen molar-refractivity contribution < 1.29 is 4.79 Å². The number of likely N-dealkylation sites (tertiary alicyclic amines) is 1. The van der Waals surface area contributed by atoms with Crippen molar-refractivity contribution in [1.29, 1.82) is 0 Å². The SMILES string of the molecule is CN1C[C@H](C(=O)c2ccc(Cl)cc2)[C@H](c2ccc(Cl)cc2Cl)C1. The molecule has 2 aromatic rings. The molecule has 2 atom stereocenters. The van der Waals surface area contributed by atoms with Crippen LogP contribution < -0.4 is 0 Å². The maximum absolute atomic E-state index is 12.9. The number of Topliss-reactive ketones (excluding diaryl/α,β-unsaturated/α-hetero) is 1. The fourth-order valence-corrected chi connectivity index (χ4v) is 3.89. The number of carbonyl (C=O) groups excluding carboxylic acids is 1. The maximum Gasteiger partial charge on any atom is 0.167 e. The molecule has 120 valence electrons. The van der Waals surface area contributed by atoms with Crippen molar-refractivity contribution in [2.24, 2.45) is 5.92 Å². The minimum absolute atomic E-state index is 0.0629. The minimum atomic E-state index is -0.125. The van der Waals surface area contributed by atoms with E-state index in [9.17, 15) is 4.79 Å². The Kier molecular flexibility index (Phi) is 4.98. The highest BCUT2D eigenvalue weighted by atomic mass is 35.5. The van der Waals surface area contributed by atoms with E-state index in [-0.39, 0.29) is 17.6 Å². The average molecular weight is 369 g/mol. The molecule has 1 saturated heterocycles. The van der Waals surface area contributed by atoms with Gasteiger partial charge in [0.05, 0.1) is 0 Å². The van der Waals surface area contributed by atoms with Gasteiger partial charge >= 0.3 is 0 Å². The fraction of sp³-hybridized carbons (Fsp3) is 0.278. The minimum Gasteiger partial charge on any atom is -0.305 e. The van der Waals surface area contributed by atoms with Crippen molar-refractivity contribution in [3.63, 3.8) is 0 Å². The van der Waals surface area contributed by atoms with E-state index in [0.29, 0.717) is 27.2 Å². The van der Waals surface area contributed by atoms with Gasteiger partial charge in [0.25, 0.3) is 0 Å². The number of ketones is 1. The van der Waals surface area contributed by atoms with Gasteiger partial charge in [0.15, 0.2) is 5.78 Å². The lowest BCUT2D eigenvalue weighted by Crippen LogP contribution is -2.22.